The summed E-state index contributed by atoms with van der Waals surface area (Å²) in [4.78, 5) is 15.2. The zero-order valence-electron chi connectivity index (χ0n) is 11.2. The van der Waals surface area contributed by atoms with Crippen molar-refractivity contribution in [2.24, 2.45) is 5.73 Å². The Morgan fingerprint density at radius 1 is 1.65 bits per heavy atom. The molecule has 0 unspecified atom stereocenters. The molecule has 1 saturated heterocycles. The summed E-state index contributed by atoms with van der Waals surface area (Å²) in [6, 6.07) is 0.600. The summed E-state index contributed by atoms with van der Waals surface area (Å²) in [6.45, 7) is 8.23. The van der Waals surface area contributed by atoms with Crippen LogP contribution in [0.2, 0.25) is 0 Å². The monoisotopic (exact) mass is 243 g/mol. The van der Waals surface area contributed by atoms with E-state index in [4.69, 9.17) is 10.5 Å². The molecule has 0 aromatic heterocycles. The second kappa shape index (κ2) is 6.93. The van der Waals surface area contributed by atoms with Gasteiger partial charge < -0.3 is 10.5 Å². The van der Waals surface area contributed by atoms with Crippen molar-refractivity contribution in [1.29, 1.82) is 0 Å². The van der Waals surface area contributed by atoms with Crippen molar-refractivity contribution in [3.63, 3.8) is 0 Å². The van der Waals surface area contributed by atoms with Crippen LogP contribution in [-0.4, -0.2) is 67.7 Å². The van der Waals surface area contributed by atoms with Crippen LogP contribution in [-0.2, 0) is 9.53 Å². The molecule has 1 amide bonds. The van der Waals surface area contributed by atoms with Crippen LogP contribution in [0.5, 0.6) is 0 Å². The highest BCUT2D eigenvalue weighted by Gasteiger charge is 2.24. The van der Waals surface area contributed by atoms with Crippen LogP contribution in [0.1, 0.15) is 20.3 Å². The lowest BCUT2D eigenvalue weighted by Gasteiger charge is -2.37. The topological polar surface area (TPSA) is 58.8 Å². The lowest BCUT2D eigenvalue weighted by Crippen LogP contribution is -2.50. The van der Waals surface area contributed by atoms with E-state index < -0.39 is 0 Å². The van der Waals surface area contributed by atoms with Gasteiger partial charge in [0.1, 0.15) is 0 Å². The second-order valence-corrected chi connectivity index (χ2v) is 4.91. The number of nitrogens with zero attached hydrogens (tertiary/aromatic N) is 2. The number of likely N-dealkylation sites (N-methyl/N-ethyl adjacent to an activating group) is 1. The van der Waals surface area contributed by atoms with Crippen molar-refractivity contribution >= 4 is 5.91 Å². The van der Waals surface area contributed by atoms with Crippen molar-refractivity contribution in [3.8, 4) is 0 Å². The van der Waals surface area contributed by atoms with Crippen LogP contribution in [0, 0.1) is 0 Å². The molecule has 0 saturated carbocycles. The number of carbonyl (C=O) groups is 1. The smallest absolute Gasteiger partial charge is 0.231 e. The number of carbonyl (C=O) groups excluding carboxylic acids is 1. The Labute approximate surface area is 104 Å². The minimum absolute atomic E-state index is 0.182. The van der Waals surface area contributed by atoms with Crippen LogP contribution < -0.4 is 5.73 Å². The Hall–Kier alpha value is -0.650. The van der Waals surface area contributed by atoms with Gasteiger partial charge in [-0.05, 0) is 20.4 Å². The number of hydrogen-bond donors (Lipinski definition) is 1. The van der Waals surface area contributed by atoms with Crippen LogP contribution >= 0.6 is 0 Å². The third-order valence-electron chi connectivity index (χ3n) is 3.33. The van der Waals surface area contributed by atoms with Gasteiger partial charge in [-0.15, -0.1) is 0 Å². The van der Waals surface area contributed by atoms with Crippen molar-refractivity contribution in [2.45, 2.75) is 32.4 Å². The largest absolute Gasteiger partial charge is 0.374 e. The molecule has 0 aromatic carbocycles. The van der Waals surface area contributed by atoms with Gasteiger partial charge in [-0.1, -0.05) is 6.92 Å². The molecule has 1 aliphatic rings. The molecule has 1 fully saturated rings. The van der Waals surface area contributed by atoms with E-state index in [0.717, 1.165) is 32.7 Å². The fourth-order valence-electron chi connectivity index (χ4n) is 2.19. The maximum absolute atomic E-state index is 10.8. The SMILES string of the molecule is CC[C@H](C)N1CCO[C@H](CN(C)CC(N)=O)C1. The molecule has 1 rings (SSSR count). The molecule has 0 spiro atoms. The normalized spacial score (nSPS) is 23.9. The highest BCUT2D eigenvalue weighted by Crippen LogP contribution is 2.11. The molecule has 0 bridgehead atoms. The van der Waals surface area contributed by atoms with E-state index in [9.17, 15) is 4.79 Å². The first kappa shape index (κ1) is 14.4. The Bertz CT molecular complexity index is 248. The molecule has 2 atom stereocenters. The molecule has 5 nitrogen and oxygen atoms in total. The standard InChI is InChI=1S/C12H25N3O2/c1-4-10(2)15-5-6-17-11(8-15)7-14(3)9-12(13)16/h10-11H,4-9H2,1-3H3,(H2,13,16)/t10-,11+/m0/s1. The number of ether oxygens (including phenoxy) is 1. The predicted molar refractivity (Wildman–Crippen MR) is 67.8 cm³/mol. The second-order valence-electron chi connectivity index (χ2n) is 4.91. The summed E-state index contributed by atoms with van der Waals surface area (Å²) in [5.74, 6) is -0.290. The van der Waals surface area contributed by atoms with E-state index in [0.29, 0.717) is 12.6 Å². The van der Waals surface area contributed by atoms with Gasteiger partial charge in [0, 0.05) is 25.7 Å². The Balaban J connectivity index is 2.36. The molecule has 0 aromatic rings. The Morgan fingerprint density at radius 2 is 2.35 bits per heavy atom. The van der Waals surface area contributed by atoms with Gasteiger partial charge >= 0.3 is 0 Å². The first-order chi connectivity index (χ1) is 8.02. The number of morpholine rings is 1. The molecule has 1 heterocycles. The molecule has 0 aliphatic carbocycles. The molecule has 5 heteroatoms. The number of hydrogen-bond acceptors (Lipinski definition) is 4. The first-order valence-electron chi connectivity index (χ1n) is 6.35. The van der Waals surface area contributed by atoms with Gasteiger partial charge in [0.15, 0.2) is 0 Å². The van der Waals surface area contributed by atoms with Gasteiger partial charge in [-0.3, -0.25) is 14.6 Å². The van der Waals surface area contributed by atoms with Crippen LogP contribution in [0.3, 0.4) is 0 Å². The molecular weight excluding hydrogens is 218 g/mol. The average Bonchev–Trinajstić information content (AvgIpc) is 2.27. The summed E-state index contributed by atoms with van der Waals surface area (Å²) in [6.07, 6.45) is 1.34. The minimum Gasteiger partial charge on any atom is -0.374 e. The molecule has 100 valence electrons. The third-order valence-corrected chi connectivity index (χ3v) is 3.33. The van der Waals surface area contributed by atoms with Crippen molar-refractivity contribution in [2.75, 3.05) is 39.8 Å². The minimum atomic E-state index is -0.290. The van der Waals surface area contributed by atoms with Gasteiger partial charge in [0.05, 0.1) is 19.3 Å². The molecule has 1 aliphatic heterocycles. The molecule has 2 N–H and O–H groups in total. The van der Waals surface area contributed by atoms with Crippen LogP contribution in [0.4, 0.5) is 0 Å². The van der Waals surface area contributed by atoms with Crippen LogP contribution in [0.25, 0.3) is 0 Å². The Kier molecular flexibility index (Phi) is 5.88. The summed E-state index contributed by atoms with van der Waals surface area (Å²) in [7, 11) is 1.90. The van der Waals surface area contributed by atoms with E-state index in [-0.39, 0.29) is 12.0 Å². The molecule has 17 heavy (non-hydrogen) atoms. The highest BCUT2D eigenvalue weighted by molar-refractivity contribution is 5.75. The highest BCUT2D eigenvalue weighted by atomic mass is 16.5. The van der Waals surface area contributed by atoms with Crippen molar-refractivity contribution < 1.29 is 9.53 Å². The summed E-state index contributed by atoms with van der Waals surface area (Å²) < 4.78 is 5.72. The summed E-state index contributed by atoms with van der Waals surface area (Å²) in [5, 5.41) is 0. The number of rotatable bonds is 6. The van der Waals surface area contributed by atoms with E-state index in [2.05, 4.69) is 18.7 Å². The van der Waals surface area contributed by atoms with Crippen molar-refractivity contribution in [1.82, 2.24) is 9.80 Å². The first-order valence-corrected chi connectivity index (χ1v) is 6.35. The lowest BCUT2D eigenvalue weighted by molar-refractivity contribution is -0.119. The van der Waals surface area contributed by atoms with Gasteiger partial charge in [-0.2, -0.15) is 0 Å². The zero-order chi connectivity index (χ0) is 12.8. The van der Waals surface area contributed by atoms with E-state index >= 15 is 0 Å². The third kappa shape index (κ3) is 5.02. The van der Waals surface area contributed by atoms with Crippen LogP contribution in [0.15, 0.2) is 0 Å². The van der Waals surface area contributed by atoms with E-state index in [1.807, 2.05) is 11.9 Å². The quantitative estimate of drug-likeness (QED) is 0.708. The van der Waals surface area contributed by atoms with Gasteiger partial charge in [0.2, 0.25) is 5.91 Å². The van der Waals surface area contributed by atoms with Crippen molar-refractivity contribution in [3.05, 3.63) is 0 Å². The number of primary amides is 1. The fraction of sp³-hybridized carbons (Fsp3) is 0.917. The maximum atomic E-state index is 10.8. The van der Waals surface area contributed by atoms with E-state index in [1.165, 1.54) is 0 Å². The van der Waals surface area contributed by atoms with Gasteiger partial charge in [-0.25, -0.2) is 0 Å². The lowest BCUT2D eigenvalue weighted by atomic mass is 10.1. The number of nitrogens with two attached hydrogens (primary N) is 1. The van der Waals surface area contributed by atoms with E-state index in [1.54, 1.807) is 0 Å². The Morgan fingerprint density at radius 3 is 2.94 bits per heavy atom. The predicted octanol–water partition coefficient (Wildman–Crippen LogP) is -0.0972. The average molecular weight is 243 g/mol. The molecular formula is C12H25N3O2. The number of amides is 1. The maximum Gasteiger partial charge on any atom is 0.231 e. The summed E-state index contributed by atoms with van der Waals surface area (Å²) in [5.41, 5.74) is 5.16. The summed E-state index contributed by atoms with van der Waals surface area (Å²) >= 11 is 0. The molecule has 0 radical (unpaired) electrons. The fourth-order valence-corrected chi connectivity index (χ4v) is 2.19. The zero-order valence-corrected chi connectivity index (χ0v) is 11.2. The van der Waals surface area contributed by atoms with Gasteiger partial charge in [0.25, 0.3) is 0 Å².